The van der Waals surface area contributed by atoms with Crippen LogP contribution < -0.4 is 10.5 Å². The highest BCUT2D eigenvalue weighted by Crippen LogP contribution is 2.31. The van der Waals surface area contributed by atoms with E-state index in [-0.39, 0.29) is 18.6 Å². The van der Waals surface area contributed by atoms with E-state index >= 15 is 0 Å². The molecule has 16 heavy (non-hydrogen) atoms. The summed E-state index contributed by atoms with van der Waals surface area (Å²) < 4.78 is 9.80. The zero-order valence-electron chi connectivity index (χ0n) is 9.23. The fourth-order valence-corrected chi connectivity index (χ4v) is 1.92. The first-order valence-electron chi connectivity index (χ1n) is 5.28. The van der Waals surface area contributed by atoms with Crippen LogP contribution >= 0.6 is 0 Å². The van der Waals surface area contributed by atoms with Crippen LogP contribution in [-0.4, -0.2) is 19.7 Å². The van der Waals surface area contributed by atoms with Crippen molar-refractivity contribution in [3.63, 3.8) is 0 Å². The molecular weight excluding hydrogens is 206 g/mol. The van der Waals surface area contributed by atoms with E-state index in [0.29, 0.717) is 5.75 Å². The number of carbonyl (C=O) groups excluding carboxylic acids is 1. The van der Waals surface area contributed by atoms with Gasteiger partial charge in [-0.05, 0) is 36.1 Å². The summed E-state index contributed by atoms with van der Waals surface area (Å²) in [6.07, 6.45) is 1.96. The molecular formula is C12H15NO3. The zero-order chi connectivity index (χ0) is 11.5. The van der Waals surface area contributed by atoms with Gasteiger partial charge in [0.25, 0.3) is 0 Å². The van der Waals surface area contributed by atoms with E-state index in [2.05, 4.69) is 4.74 Å². The Hall–Kier alpha value is -1.55. The Morgan fingerprint density at radius 3 is 3.12 bits per heavy atom. The van der Waals surface area contributed by atoms with E-state index in [1.54, 1.807) is 0 Å². The number of hydrogen-bond acceptors (Lipinski definition) is 4. The third-order valence-corrected chi connectivity index (χ3v) is 2.82. The van der Waals surface area contributed by atoms with Gasteiger partial charge in [0, 0.05) is 6.04 Å². The van der Waals surface area contributed by atoms with Crippen LogP contribution in [0.15, 0.2) is 18.2 Å². The van der Waals surface area contributed by atoms with Crippen LogP contribution in [0.5, 0.6) is 5.75 Å². The minimum atomic E-state index is -0.378. The lowest BCUT2D eigenvalue weighted by molar-refractivity contribution is -0.142. The Labute approximate surface area is 94.3 Å². The third kappa shape index (κ3) is 2.17. The van der Waals surface area contributed by atoms with Crippen molar-refractivity contribution >= 4 is 5.97 Å². The number of fused-ring (bicyclic) bond motifs is 1. The SMILES string of the molecule is COC(=O)COc1ccc2c(c1)CCC2N. The molecule has 0 aliphatic heterocycles. The van der Waals surface area contributed by atoms with Crippen LogP contribution in [0.3, 0.4) is 0 Å². The number of ether oxygens (including phenoxy) is 2. The summed E-state index contributed by atoms with van der Waals surface area (Å²) >= 11 is 0. The number of benzene rings is 1. The van der Waals surface area contributed by atoms with Gasteiger partial charge in [0.15, 0.2) is 6.61 Å². The molecule has 2 rings (SSSR count). The van der Waals surface area contributed by atoms with Crippen LogP contribution in [0, 0.1) is 0 Å². The predicted molar refractivity (Wildman–Crippen MR) is 59.2 cm³/mol. The average Bonchev–Trinajstić information content (AvgIpc) is 2.67. The van der Waals surface area contributed by atoms with Gasteiger partial charge in [0.05, 0.1) is 7.11 Å². The molecule has 4 nitrogen and oxygen atoms in total. The van der Waals surface area contributed by atoms with Crippen molar-refractivity contribution in [1.82, 2.24) is 0 Å². The van der Waals surface area contributed by atoms with E-state index in [1.807, 2.05) is 18.2 Å². The molecule has 1 aliphatic carbocycles. The van der Waals surface area contributed by atoms with Crippen LogP contribution in [0.4, 0.5) is 0 Å². The number of nitrogens with two attached hydrogens (primary N) is 1. The monoisotopic (exact) mass is 221 g/mol. The first-order valence-corrected chi connectivity index (χ1v) is 5.28. The van der Waals surface area contributed by atoms with Gasteiger partial charge in [-0.3, -0.25) is 0 Å². The van der Waals surface area contributed by atoms with Crippen LogP contribution in [-0.2, 0) is 16.0 Å². The van der Waals surface area contributed by atoms with Gasteiger partial charge in [0.2, 0.25) is 0 Å². The normalized spacial score (nSPS) is 18.0. The average molecular weight is 221 g/mol. The van der Waals surface area contributed by atoms with Crippen molar-refractivity contribution in [2.75, 3.05) is 13.7 Å². The van der Waals surface area contributed by atoms with Crippen molar-refractivity contribution < 1.29 is 14.3 Å². The number of esters is 1. The largest absolute Gasteiger partial charge is 0.482 e. The van der Waals surface area contributed by atoms with Crippen molar-refractivity contribution in [2.45, 2.75) is 18.9 Å². The van der Waals surface area contributed by atoms with Gasteiger partial charge >= 0.3 is 5.97 Å². The number of hydrogen-bond donors (Lipinski definition) is 1. The Balaban J connectivity index is 2.05. The van der Waals surface area contributed by atoms with Crippen molar-refractivity contribution in [2.24, 2.45) is 5.73 Å². The second-order valence-corrected chi connectivity index (χ2v) is 3.87. The maximum atomic E-state index is 10.9. The van der Waals surface area contributed by atoms with Gasteiger partial charge in [-0.2, -0.15) is 0 Å². The van der Waals surface area contributed by atoms with E-state index in [0.717, 1.165) is 12.8 Å². The minimum absolute atomic E-state index is 0.0542. The molecule has 0 heterocycles. The Morgan fingerprint density at radius 2 is 2.38 bits per heavy atom. The number of carbonyl (C=O) groups is 1. The first kappa shape index (κ1) is 11.0. The molecule has 0 fully saturated rings. The molecule has 1 aromatic carbocycles. The quantitative estimate of drug-likeness (QED) is 0.779. The molecule has 2 N–H and O–H groups in total. The van der Waals surface area contributed by atoms with Crippen molar-refractivity contribution in [3.8, 4) is 5.75 Å². The highest BCUT2D eigenvalue weighted by atomic mass is 16.6. The van der Waals surface area contributed by atoms with Gasteiger partial charge < -0.3 is 15.2 Å². The van der Waals surface area contributed by atoms with E-state index in [4.69, 9.17) is 10.5 Å². The summed E-state index contributed by atoms with van der Waals surface area (Å²) in [4.78, 5) is 10.9. The van der Waals surface area contributed by atoms with E-state index in [1.165, 1.54) is 18.2 Å². The Kier molecular flexibility index (Phi) is 3.10. The standard InChI is InChI=1S/C12H15NO3/c1-15-12(14)7-16-9-3-4-10-8(6-9)2-5-11(10)13/h3-4,6,11H,2,5,7,13H2,1H3. The molecule has 0 aromatic heterocycles. The molecule has 1 atom stereocenters. The summed E-state index contributed by atoms with van der Waals surface area (Å²) in [5, 5.41) is 0. The molecule has 0 saturated carbocycles. The van der Waals surface area contributed by atoms with Gasteiger partial charge in [-0.25, -0.2) is 4.79 Å². The fourth-order valence-electron chi connectivity index (χ4n) is 1.92. The molecule has 4 heteroatoms. The highest BCUT2D eigenvalue weighted by molar-refractivity contribution is 5.70. The van der Waals surface area contributed by atoms with Crippen LogP contribution in [0.1, 0.15) is 23.6 Å². The lowest BCUT2D eigenvalue weighted by Crippen LogP contribution is -2.12. The van der Waals surface area contributed by atoms with Crippen molar-refractivity contribution in [1.29, 1.82) is 0 Å². The number of methoxy groups -OCH3 is 1. The number of rotatable bonds is 3. The van der Waals surface area contributed by atoms with Crippen LogP contribution in [0.25, 0.3) is 0 Å². The van der Waals surface area contributed by atoms with Gasteiger partial charge in [0.1, 0.15) is 5.75 Å². The summed E-state index contributed by atoms with van der Waals surface area (Å²) in [6.45, 7) is -0.0542. The Bertz CT molecular complexity index is 403. The topological polar surface area (TPSA) is 61.5 Å². The maximum Gasteiger partial charge on any atom is 0.343 e. The maximum absolute atomic E-state index is 10.9. The molecule has 1 aromatic rings. The third-order valence-electron chi connectivity index (χ3n) is 2.82. The molecule has 0 saturated heterocycles. The zero-order valence-corrected chi connectivity index (χ0v) is 9.23. The Morgan fingerprint density at radius 1 is 1.56 bits per heavy atom. The first-order chi connectivity index (χ1) is 7.70. The predicted octanol–water partition coefficient (Wildman–Crippen LogP) is 1.18. The molecule has 0 bridgehead atoms. The summed E-state index contributed by atoms with van der Waals surface area (Å²) in [5.41, 5.74) is 8.33. The lowest BCUT2D eigenvalue weighted by atomic mass is 10.1. The molecule has 1 unspecified atom stereocenters. The molecule has 0 amide bonds. The highest BCUT2D eigenvalue weighted by Gasteiger charge is 2.19. The summed E-state index contributed by atoms with van der Waals surface area (Å²) in [7, 11) is 1.34. The second-order valence-electron chi connectivity index (χ2n) is 3.87. The van der Waals surface area contributed by atoms with E-state index < -0.39 is 0 Å². The van der Waals surface area contributed by atoms with Gasteiger partial charge in [-0.1, -0.05) is 6.07 Å². The fraction of sp³-hybridized carbons (Fsp3) is 0.417. The summed E-state index contributed by atoms with van der Waals surface area (Å²) in [6, 6.07) is 5.90. The van der Waals surface area contributed by atoms with Crippen molar-refractivity contribution in [3.05, 3.63) is 29.3 Å². The lowest BCUT2D eigenvalue weighted by Gasteiger charge is -2.08. The second kappa shape index (κ2) is 4.53. The van der Waals surface area contributed by atoms with Crippen LogP contribution in [0.2, 0.25) is 0 Å². The molecule has 1 aliphatic rings. The molecule has 0 radical (unpaired) electrons. The molecule has 0 spiro atoms. The smallest absolute Gasteiger partial charge is 0.343 e. The molecule has 86 valence electrons. The number of aryl methyl sites for hydroxylation is 1. The minimum Gasteiger partial charge on any atom is -0.482 e. The summed E-state index contributed by atoms with van der Waals surface area (Å²) in [5.74, 6) is 0.315. The van der Waals surface area contributed by atoms with E-state index in [9.17, 15) is 4.79 Å². The van der Waals surface area contributed by atoms with Gasteiger partial charge in [-0.15, -0.1) is 0 Å².